The highest BCUT2D eigenvalue weighted by Gasteiger charge is 2.36. The van der Waals surface area contributed by atoms with E-state index >= 15 is 0 Å². The van der Waals surface area contributed by atoms with Crippen molar-refractivity contribution in [2.45, 2.75) is 85.0 Å². The predicted octanol–water partition coefficient (Wildman–Crippen LogP) is 11.0. The average Bonchev–Trinajstić information content (AvgIpc) is 2.94. The lowest BCUT2D eigenvalue weighted by Crippen LogP contribution is -2.28. The summed E-state index contributed by atoms with van der Waals surface area (Å²) in [5, 5.41) is 5.17. The van der Waals surface area contributed by atoms with Crippen LogP contribution in [0.5, 0.6) is 0 Å². The molecule has 0 saturated heterocycles. The molecule has 1 nitrogen and oxygen atoms in total. The highest BCUT2D eigenvalue weighted by atomic mass is 16.1. The fraction of sp³-hybridized carbons (Fsp3) is 0.359. The first-order valence-corrected chi connectivity index (χ1v) is 15.1. The van der Waals surface area contributed by atoms with Gasteiger partial charge < -0.3 is 0 Å². The number of hydrogen-bond donors (Lipinski definition) is 0. The number of fused-ring (bicyclic) bond motifs is 5. The van der Waals surface area contributed by atoms with Gasteiger partial charge in [-0.25, -0.2) is 0 Å². The third kappa shape index (κ3) is 5.85. The molecule has 1 heteroatoms. The summed E-state index contributed by atoms with van der Waals surface area (Å²) in [6.45, 7) is 11.7. The largest absolute Gasteiger partial charge is 0.298 e. The van der Waals surface area contributed by atoms with E-state index in [0.29, 0.717) is 0 Å². The van der Waals surface area contributed by atoms with Crippen LogP contribution in [0.1, 0.15) is 100 Å². The van der Waals surface area contributed by atoms with Gasteiger partial charge in [0, 0.05) is 5.56 Å². The van der Waals surface area contributed by atoms with Crippen molar-refractivity contribution in [1.82, 2.24) is 0 Å². The number of aldehydes is 1. The SMILES string of the molecule is CCCCCCc1cc2c3c(ccc2cc1C=O)C1=C(CC(C)(C)C=C1)CC3(C)C.c1ccc2ccccc2c1. The predicted molar refractivity (Wildman–Crippen MR) is 173 cm³/mol. The van der Waals surface area contributed by atoms with E-state index in [0.717, 1.165) is 37.5 Å². The van der Waals surface area contributed by atoms with Crippen molar-refractivity contribution < 1.29 is 4.79 Å². The fourth-order valence-electron chi connectivity index (χ4n) is 6.78. The summed E-state index contributed by atoms with van der Waals surface area (Å²) >= 11 is 0. The van der Waals surface area contributed by atoms with Crippen LogP contribution in [0.15, 0.2) is 90.5 Å². The van der Waals surface area contributed by atoms with Crippen LogP contribution in [0.3, 0.4) is 0 Å². The second-order valence-corrected chi connectivity index (χ2v) is 13.1. The van der Waals surface area contributed by atoms with Crippen LogP contribution in [0.25, 0.3) is 27.1 Å². The van der Waals surface area contributed by atoms with Crippen molar-refractivity contribution in [2.24, 2.45) is 5.41 Å². The molecular weight excluding hydrogens is 484 g/mol. The van der Waals surface area contributed by atoms with Gasteiger partial charge in [-0.05, 0) is 86.4 Å². The minimum Gasteiger partial charge on any atom is -0.298 e. The van der Waals surface area contributed by atoms with Crippen molar-refractivity contribution in [1.29, 1.82) is 0 Å². The van der Waals surface area contributed by atoms with Crippen LogP contribution in [0.4, 0.5) is 0 Å². The zero-order valence-corrected chi connectivity index (χ0v) is 25.0. The Hall–Kier alpha value is -3.45. The van der Waals surface area contributed by atoms with Crippen LogP contribution in [-0.2, 0) is 11.8 Å². The van der Waals surface area contributed by atoms with Crippen LogP contribution in [0, 0.1) is 5.41 Å². The standard InChI is InChI=1S/C29H36O.C10H8/c1-6-7-8-9-10-20-16-26-21(15-22(20)19-30)11-12-25-24-13-14-28(2,3)17-23(24)18-29(4,5)27(25)26;1-2-6-10-8-4-3-7-9(10)5-1/h11-16,19H,6-10,17-18H2,1-5H3;1-8H. The summed E-state index contributed by atoms with van der Waals surface area (Å²) in [5.74, 6) is 0. The van der Waals surface area contributed by atoms with E-state index in [4.69, 9.17) is 0 Å². The Kier molecular flexibility index (Phi) is 8.13. The number of carbonyl (C=O) groups excluding carboxylic acids is 1. The highest BCUT2D eigenvalue weighted by Crippen LogP contribution is 2.51. The monoisotopic (exact) mass is 528 g/mol. The van der Waals surface area contributed by atoms with E-state index < -0.39 is 0 Å². The normalized spacial score (nSPS) is 16.7. The number of benzene rings is 4. The number of carbonyl (C=O) groups is 1. The van der Waals surface area contributed by atoms with Crippen LogP contribution < -0.4 is 0 Å². The highest BCUT2D eigenvalue weighted by molar-refractivity contribution is 5.98. The van der Waals surface area contributed by atoms with Crippen molar-refractivity contribution in [3.8, 4) is 0 Å². The first kappa shape index (κ1) is 28.1. The van der Waals surface area contributed by atoms with E-state index in [1.54, 1.807) is 5.57 Å². The van der Waals surface area contributed by atoms with Gasteiger partial charge in [-0.1, -0.05) is 138 Å². The first-order valence-electron chi connectivity index (χ1n) is 15.1. The molecular formula is C39H44O. The molecule has 0 N–H and O–H groups in total. The second kappa shape index (κ2) is 11.6. The van der Waals surface area contributed by atoms with E-state index in [1.807, 2.05) is 0 Å². The molecule has 0 bridgehead atoms. The topological polar surface area (TPSA) is 17.1 Å². The van der Waals surface area contributed by atoms with Crippen molar-refractivity contribution in [3.63, 3.8) is 0 Å². The molecule has 4 aromatic carbocycles. The smallest absolute Gasteiger partial charge is 0.150 e. The number of allylic oxidation sites excluding steroid dienone is 4. The molecule has 2 aliphatic rings. The van der Waals surface area contributed by atoms with Gasteiger partial charge in [0.15, 0.2) is 0 Å². The quantitative estimate of drug-likeness (QED) is 0.180. The van der Waals surface area contributed by atoms with Crippen molar-refractivity contribution >= 4 is 33.4 Å². The minimum absolute atomic E-state index is 0.0944. The Morgan fingerprint density at radius 1 is 0.775 bits per heavy atom. The van der Waals surface area contributed by atoms with E-state index in [9.17, 15) is 4.79 Å². The molecule has 0 heterocycles. The van der Waals surface area contributed by atoms with Gasteiger partial charge in [0.25, 0.3) is 0 Å². The van der Waals surface area contributed by atoms with Gasteiger partial charge in [-0.3, -0.25) is 4.79 Å². The molecule has 4 aromatic rings. The van der Waals surface area contributed by atoms with Crippen LogP contribution in [0.2, 0.25) is 0 Å². The maximum Gasteiger partial charge on any atom is 0.150 e. The number of rotatable bonds is 6. The first-order chi connectivity index (χ1) is 19.2. The molecule has 0 radical (unpaired) electrons. The summed E-state index contributed by atoms with van der Waals surface area (Å²) < 4.78 is 0. The molecule has 0 unspecified atom stereocenters. The van der Waals surface area contributed by atoms with Crippen LogP contribution >= 0.6 is 0 Å². The Bertz CT molecular complexity index is 1530. The van der Waals surface area contributed by atoms with Crippen LogP contribution in [-0.4, -0.2) is 6.29 Å². The Labute approximate surface area is 241 Å². The molecule has 0 fully saturated rings. The summed E-state index contributed by atoms with van der Waals surface area (Å²) in [6.07, 6.45) is 14.0. The summed E-state index contributed by atoms with van der Waals surface area (Å²) in [4.78, 5) is 11.8. The molecule has 0 atom stereocenters. The maximum absolute atomic E-state index is 11.8. The van der Waals surface area contributed by atoms with Gasteiger partial charge in [0.2, 0.25) is 0 Å². The minimum atomic E-state index is 0.0944. The molecule has 0 spiro atoms. The van der Waals surface area contributed by atoms with Crippen molar-refractivity contribution in [2.75, 3.05) is 0 Å². The second-order valence-electron chi connectivity index (χ2n) is 13.1. The van der Waals surface area contributed by atoms with Gasteiger partial charge in [0.05, 0.1) is 0 Å². The lowest BCUT2D eigenvalue weighted by molar-refractivity contribution is 0.112. The maximum atomic E-state index is 11.8. The third-order valence-electron chi connectivity index (χ3n) is 8.74. The molecule has 0 aliphatic heterocycles. The van der Waals surface area contributed by atoms with Crippen molar-refractivity contribution in [3.05, 3.63) is 113 Å². The molecule has 40 heavy (non-hydrogen) atoms. The van der Waals surface area contributed by atoms with E-state index in [2.05, 4.69) is 120 Å². The Balaban J connectivity index is 0.000000269. The molecule has 6 rings (SSSR count). The third-order valence-corrected chi connectivity index (χ3v) is 8.74. The van der Waals surface area contributed by atoms with E-state index in [1.165, 1.54) is 63.1 Å². The number of hydrogen-bond acceptors (Lipinski definition) is 1. The van der Waals surface area contributed by atoms with Gasteiger partial charge in [-0.15, -0.1) is 0 Å². The molecule has 0 amide bonds. The Morgan fingerprint density at radius 2 is 1.45 bits per heavy atom. The lowest BCUT2D eigenvalue weighted by Gasteiger charge is -2.40. The number of aryl methyl sites for hydroxylation is 1. The number of unbranched alkanes of at least 4 members (excludes halogenated alkanes) is 3. The van der Waals surface area contributed by atoms with Gasteiger partial charge >= 0.3 is 0 Å². The van der Waals surface area contributed by atoms with Gasteiger partial charge in [0.1, 0.15) is 6.29 Å². The summed E-state index contributed by atoms with van der Waals surface area (Å²) in [6, 6.07) is 25.7. The average molecular weight is 529 g/mol. The summed E-state index contributed by atoms with van der Waals surface area (Å²) in [5.41, 5.74) is 8.33. The van der Waals surface area contributed by atoms with Gasteiger partial charge in [-0.2, -0.15) is 0 Å². The van der Waals surface area contributed by atoms with E-state index in [-0.39, 0.29) is 10.8 Å². The lowest BCUT2D eigenvalue weighted by atomic mass is 9.64. The summed E-state index contributed by atoms with van der Waals surface area (Å²) in [7, 11) is 0. The molecule has 0 saturated carbocycles. The molecule has 206 valence electrons. The zero-order valence-electron chi connectivity index (χ0n) is 25.0. The molecule has 0 aromatic heterocycles. The fourth-order valence-corrected chi connectivity index (χ4v) is 6.78. The zero-order chi connectivity index (χ0) is 28.3. The molecule has 2 aliphatic carbocycles. The Morgan fingerprint density at radius 3 is 2.08 bits per heavy atom.